The average molecular weight is 271 g/mol. The number of nitrogens with two attached hydrogens (primary N) is 1. The van der Waals surface area contributed by atoms with Crippen LogP contribution in [0.4, 0.5) is 0 Å². The summed E-state index contributed by atoms with van der Waals surface area (Å²) in [7, 11) is 0. The first kappa shape index (κ1) is 14.0. The lowest BCUT2D eigenvalue weighted by Crippen LogP contribution is -2.23. The van der Waals surface area contributed by atoms with E-state index in [-0.39, 0.29) is 11.9 Å². The number of hydrogen-bond acceptors (Lipinski definition) is 5. The van der Waals surface area contributed by atoms with Crippen LogP contribution < -0.4 is 11.1 Å². The van der Waals surface area contributed by atoms with E-state index in [2.05, 4.69) is 27.4 Å². The molecule has 1 atom stereocenters. The molecule has 0 unspecified atom stereocenters. The van der Waals surface area contributed by atoms with Gasteiger partial charge in [0.2, 0.25) is 0 Å². The topological polar surface area (TPSA) is 96.4 Å². The van der Waals surface area contributed by atoms with E-state index in [9.17, 15) is 0 Å². The Hall–Kier alpha value is -2.47. The van der Waals surface area contributed by atoms with Gasteiger partial charge in [-0.3, -0.25) is 9.97 Å². The third-order valence-corrected chi connectivity index (χ3v) is 3.05. The van der Waals surface area contributed by atoms with Gasteiger partial charge in [-0.1, -0.05) is 11.2 Å². The van der Waals surface area contributed by atoms with Gasteiger partial charge in [0.1, 0.15) is 5.69 Å². The molecule has 2 aromatic heterocycles. The summed E-state index contributed by atoms with van der Waals surface area (Å²) in [4.78, 5) is 8.13. The van der Waals surface area contributed by atoms with Gasteiger partial charge in [-0.15, -0.1) is 0 Å². The highest BCUT2D eigenvalue weighted by Crippen LogP contribution is 2.12. The summed E-state index contributed by atoms with van der Waals surface area (Å²) >= 11 is 0. The molecule has 2 heterocycles. The normalized spacial score (nSPS) is 13.2. The number of rotatable bonds is 5. The van der Waals surface area contributed by atoms with Gasteiger partial charge < -0.3 is 16.3 Å². The molecule has 0 spiro atoms. The Morgan fingerprint density at radius 3 is 2.80 bits per heavy atom. The monoisotopic (exact) mass is 271 g/mol. The number of pyridine rings is 2. The summed E-state index contributed by atoms with van der Waals surface area (Å²) in [6.45, 7) is 2.64. The van der Waals surface area contributed by atoms with Crippen LogP contribution in [0.25, 0.3) is 0 Å². The van der Waals surface area contributed by atoms with Crippen molar-refractivity contribution in [3.63, 3.8) is 0 Å². The second kappa shape index (κ2) is 6.63. The highest BCUT2D eigenvalue weighted by atomic mass is 16.4. The van der Waals surface area contributed by atoms with E-state index in [1.54, 1.807) is 18.6 Å². The summed E-state index contributed by atoms with van der Waals surface area (Å²) in [6.07, 6.45) is 5.14. The maximum absolute atomic E-state index is 8.76. The molecule has 4 N–H and O–H groups in total. The molecule has 0 amide bonds. The number of nitrogens with one attached hydrogen (secondary N) is 1. The number of hydrogen-bond donors (Lipinski definition) is 3. The first-order valence-corrected chi connectivity index (χ1v) is 6.27. The molecular weight excluding hydrogens is 254 g/mol. The van der Waals surface area contributed by atoms with Crippen LogP contribution in [0.2, 0.25) is 0 Å². The molecule has 0 aliphatic heterocycles. The zero-order valence-electron chi connectivity index (χ0n) is 11.2. The lowest BCUT2D eigenvalue weighted by molar-refractivity contribution is 0.318. The van der Waals surface area contributed by atoms with Crippen LogP contribution in [-0.4, -0.2) is 21.0 Å². The van der Waals surface area contributed by atoms with Crippen LogP contribution in [0.3, 0.4) is 0 Å². The maximum Gasteiger partial charge on any atom is 0.189 e. The minimum atomic E-state index is 0.0129. The second-order valence-corrected chi connectivity index (χ2v) is 4.38. The van der Waals surface area contributed by atoms with Gasteiger partial charge in [0.15, 0.2) is 5.84 Å². The fourth-order valence-electron chi connectivity index (χ4n) is 1.89. The van der Waals surface area contributed by atoms with Crippen molar-refractivity contribution in [2.45, 2.75) is 19.5 Å². The van der Waals surface area contributed by atoms with Crippen molar-refractivity contribution in [3.05, 3.63) is 59.7 Å². The van der Waals surface area contributed by atoms with Crippen LogP contribution in [0, 0.1) is 0 Å². The van der Waals surface area contributed by atoms with Gasteiger partial charge >= 0.3 is 0 Å². The summed E-state index contributed by atoms with van der Waals surface area (Å²) in [5.74, 6) is 0.0129. The predicted molar refractivity (Wildman–Crippen MR) is 76.2 cm³/mol. The molecule has 0 aromatic carbocycles. The molecule has 0 saturated carbocycles. The summed E-state index contributed by atoms with van der Waals surface area (Å²) in [5, 5.41) is 15.1. The van der Waals surface area contributed by atoms with Crippen molar-refractivity contribution in [3.8, 4) is 0 Å². The van der Waals surface area contributed by atoms with Crippen molar-refractivity contribution < 1.29 is 5.21 Å². The molecule has 0 bridgehead atoms. The molecule has 0 aliphatic rings. The first-order chi connectivity index (χ1) is 9.72. The van der Waals surface area contributed by atoms with Gasteiger partial charge in [-0.05, 0) is 36.2 Å². The largest absolute Gasteiger partial charge is 0.409 e. The van der Waals surface area contributed by atoms with Crippen molar-refractivity contribution in [2.24, 2.45) is 10.9 Å². The fourth-order valence-corrected chi connectivity index (χ4v) is 1.89. The Labute approximate surface area is 117 Å². The van der Waals surface area contributed by atoms with Crippen LogP contribution in [0.15, 0.2) is 48.0 Å². The molecule has 0 aliphatic carbocycles. The average Bonchev–Trinajstić information content (AvgIpc) is 2.53. The molecule has 0 radical (unpaired) electrons. The molecule has 2 rings (SSSR count). The Balaban J connectivity index is 2.08. The zero-order chi connectivity index (χ0) is 14.4. The number of amidine groups is 1. The Morgan fingerprint density at radius 1 is 1.35 bits per heavy atom. The summed E-state index contributed by atoms with van der Waals surface area (Å²) in [6, 6.07) is 7.81. The predicted octanol–water partition coefficient (Wildman–Crippen LogP) is 1.42. The number of oxime groups is 1. The van der Waals surface area contributed by atoms with Gasteiger partial charge in [0.05, 0.1) is 0 Å². The highest BCUT2D eigenvalue weighted by Gasteiger charge is 2.10. The molecular formula is C14H17N5O. The molecule has 104 valence electrons. The third kappa shape index (κ3) is 3.30. The minimum absolute atomic E-state index is 0.0129. The van der Waals surface area contributed by atoms with Crippen LogP contribution in [0.5, 0.6) is 0 Å². The molecule has 0 fully saturated rings. The van der Waals surface area contributed by atoms with Crippen molar-refractivity contribution in [1.82, 2.24) is 15.3 Å². The quantitative estimate of drug-likeness (QED) is 0.331. The van der Waals surface area contributed by atoms with E-state index >= 15 is 0 Å². The van der Waals surface area contributed by atoms with Crippen molar-refractivity contribution >= 4 is 5.84 Å². The first-order valence-electron chi connectivity index (χ1n) is 6.27. The highest BCUT2D eigenvalue weighted by molar-refractivity contribution is 5.96. The van der Waals surface area contributed by atoms with Crippen LogP contribution >= 0.6 is 0 Å². The van der Waals surface area contributed by atoms with Crippen LogP contribution in [-0.2, 0) is 6.54 Å². The van der Waals surface area contributed by atoms with E-state index in [1.807, 2.05) is 24.3 Å². The second-order valence-electron chi connectivity index (χ2n) is 4.38. The van der Waals surface area contributed by atoms with E-state index < -0.39 is 0 Å². The lowest BCUT2D eigenvalue weighted by Gasteiger charge is -2.15. The Bertz CT molecular complexity index is 585. The number of aromatic nitrogens is 2. The zero-order valence-corrected chi connectivity index (χ0v) is 11.2. The lowest BCUT2D eigenvalue weighted by atomic mass is 10.1. The van der Waals surface area contributed by atoms with Gasteiger partial charge in [0.25, 0.3) is 0 Å². The standard InChI is InChI=1S/C14H17N5O/c1-10(11-4-7-16-8-5-11)18-9-12-3-2-6-17-13(12)14(15)19-20/h2-8,10,18,20H,9H2,1H3,(H2,15,19)/t10-/m0/s1. The van der Waals surface area contributed by atoms with E-state index in [4.69, 9.17) is 10.9 Å². The van der Waals surface area contributed by atoms with Gasteiger partial charge in [-0.25, -0.2) is 0 Å². The smallest absolute Gasteiger partial charge is 0.189 e. The fraction of sp³-hybridized carbons (Fsp3) is 0.214. The van der Waals surface area contributed by atoms with Crippen molar-refractivity contribution in [2.75, 3.05) is 0 Å². The Kier molecular flexibility index (Phi) is 4.62. The van der Waals surface area contributed by atoms with Gasteiger partial charge in [0, 0.05) is 31.2 Å². The summed E-state index contributed by atoms with van der Waals surface area (Å²) < 4.78 is 0. The summed E-state index contributed by atoms with van der Waals surface area (Å²) in [5.41, 5.74) is 8.13. The maximum atomic E-state index is 8.76. The Morgan fingerprint density at radius 2 is 2.10 bits per heavy atom. The van der Waals surface area contributed by atoms with E-state index in [1.165, 1.54) is 0 Å². The molecule has 6 heteroatoms. The molecule has 0 saturated heterocycles. The third-order valence-electron chi connectivity index (χ3n) is 3.05. The number of nitrogens with zero attached hydrogens (tertiary/aromatic N) is 3. The van der Waals surface area contributed by atoms with E-state index in [0.29, 0.717) is 12.2 Å². The van der Waals surface area contributed by atoms with Gasteiger partial charge in [-0.2, -0.15) is 0 Å². The van der Waals surface area contributed by atoms with Crippen molar-refractivity contribution in [1.29, 1.82) is 0 Å². The molecule has 20 heavy (non-hydrogen) atoms. The SMILES string of the molecule is C[C@H](NCc1cccnc1/C(N)=N/O)c1ccncc1. The van der Waals surface area contributed by atoms with Crippen LogP contribution in [0.1, 0.15) is 29.8 Å². The minimum Gasteiger partial charge on any atom is -0.409 e. The van der Waals surface area contributed by atoms with E-state index in [0.717, 1.165) is 11.1 Å². The molecule has 2 aromatic rings. The molecule has 6 nitrogen and oxygen atoms in total.